The Morgan fingerprint density at radius 2 is 2.20 bits per heavy atom. The molecule has 1 aromatic heterocycles. The number of nitriles is 1. The standard InChI is InChI=1S/C18H18N4O3/c1-12-3-4-15(13(2)9-12)16-11-21(7-8-25-16)18-17(22(23)24)14(10-19)5-6-20-18/h3-6,9,16H,7-8,11H2,1-2H3/t16-/m0/s1. The Labute approximate surface area is 145 Å². The molecule has 0 aliphatic carbocycles. The molecule has 25 heavy (non-hydrogen) atoms. The predicted molar refractivity (Wildman–Crippen MR) is 92.4 cm³/mol. The molecule has 2 aromatic rings. The first-order chi connectivity index (χ1) is 12.0. The Hall–Kier alpha value is -2.98. The van der Waals surface area contributed by atoms with Crippen LogP contribution in [-0.2, 0) is 4.74 Å². The van der Waals surface area contributed by atoms with Crippen LogP contribution in [0.5, 0.6) is 0 Å². The van der Waals surface area contributed by atoms with E-state index < -0.39 is 4.92 Å². The molecule has 3 rings (SSSR count). The lowest BCUT2D eigenvalue weighted by molar-refractivity contribution is -0.384. The number of benzene rings is 1. The van der Waals surface area contributed by atoms with Crippen molar-refractivity contribution in [2.24, 2.45) is 0 Å². The molecule has 0 saturated carbocycles. The molecule has 1 aromatic carbocycles. The van der Waals surface area contributed by atoms with Crippen LogP contribution in [-0.4, -0.2) is 29.6 Å². The maximum Gasteiger partial charge on any atom is 0.329 e. The predicted octanol–water partition coefficient (Wildman–Crippen LogP) is 3.06. The number of pyridine rings is 1. The van der Waals surface area contributed by atoms with Crippen molar-refractivity contribution in [3.8, 4) is 6.07 Å². The van der Waals surface area contributed by atoms with Crippen molar-refractivity contribution < 1.29 is 9.66 Å². The smallest absolute Gasteiger partial charge is 0.329 e. The summed E-state index contributed by atoms with van der Waals surface area (Å²) in [6.45, 7) is 5.44. The fraction of sp³-hybridized carbons (Fsp3) is 0.333. The van der Waals surface area contributed by atoms with Crippen LogP contribution in [0.2, 0.25) is 0 Å². The highest BCUT2D eigenvalue weighted by molar-refractivity contribution is 5.65. The third-order valence-electron chi connectivity index (χ3n) is 4.35. The normalized spacial score (nSPS) is 17.2. The SMILES string of the molecule is Cc1ccc([C@@H]2CN(c3nccc(C#N)c3[N+](=O)[O-])CCO2)c(C)c1. The number of nitrogens with zero attached hydrogens (tertiary/aromatic N) is 4. The monoisotopic (exact) mass is 338 g/mol. The van der Waals surface area contributed by atoms with Gasteiger partial charge in [-0.2, -0.15) is 5.26 Å². The van der Waals surface area contributed by atoms with Crippen LogP contribution < -0.4 is 4.90 Å². The number of aromatic nitrogens is 1. The van der Waals surface area contributed by atoms with Gasteiger partial charge in [-0.25, -0.2) is 4.98 Å². The highest BCUT2D eigenvalue weighted by atomic mass is 16.6. The number of hydrogen-bond acceptors (Lipinski definition) is 6. The molecule has 128 valence electrons. The minimum atomic E-state index is -0.539. The van der Waals surface area contributed by atoms with Gasteiger partial charge in [-0.1, -0.05) is 23.8 Å². The lowest BCUT2D eigenvalue weighted by Crippen LogP contribution is -2.39. The number of ether oxygens (including phenoxy) is 1. The molecule has 0 N–H and O–H groups in total. The van der Waals surface area contributed by atoms with Crippen LogP contribution in [0, 0.1) is 35.3 Å². The molecule has 1 aliphatic heterocycles. The van der Waals surface area contributed by atoms with Crippen molar-refractivity contribution in [1.82, 2.24) is 4.98 Å². The van der Waals surface area contributed by atoms with Gasteiger partial charge >= 0.3 is 5.69 Å². The van der Waals surface area contributed by atoms with E-state index in [0.29, 0.717) is 19.7 Å². The van der Waals surface area contributed by atoms with E-state index in [-0.39, 0.29) is 23.2 Å². The molecule has 0 bridgehead atoms. The second-order valence-corrected chi connectivity index (χ2v) is 6.07. The van der Waals surface area contributed by atoms with E-state index in [1.54, 1.807) is 0 Å². The molecule has 2 heterocycles. The van der Waals surface area contributed by atoms with Gasteiger partial charge in [0.05, 0.1) is 18.1 Å². The molecule has 7 heteroatoms. The van der Waals surface area contributed by atoms with E-state index in [9.17, 15) is 10.1 Å². The largest absolute Gasteiger partial charge is 0.370 e. The summed E-state index contributed by atoms with van der Waals surface area (Å²) in [5.41, 5.74) is 3.14. The first-order valence-corrected chi connectivity index (χ1v) is 7.98. The third-order valence-corrected chi connectivity index (χ3v) is 4.35. The molecule has 1 atom stereocenters. The second-order valence-electron chi connectivity index (χ2n) is 6.07. The first kappa shape index (κ1) is 16.9. The average Bonchev–Trinajstić information content (AvgIpc) is 2.61. The number of anilines is 1. The molecule has 7 nitrogen and oxygen atoms in total. The minimum Gasteiger partial charge on any atom is -0.370 e. The van der Waals surface area contributed by atoms with Gasteiger partial charge in [0.2, 0.25) is 5.82 Å². The van der Waals surface area contributed by atoms with Crippen LogP contribution in [0.3, 0.4) is 0 Å². The van der Waals surface area contributed by atoms with E-state index >= 15 is 0 Å². The lowest BCUT2D eigenvalue weighted by Gasteiger charge is -2.34. The van der Waals surface area contributed by atoms with Crippen molar-refractivity contribution in [2.75, 3.05) is 24.6 Å². The van der Waals surface area contributed by atoms with Gasteiger partial charge in [0.15, 0.2) is 0 Å². The molecule has 0 amide bonds. The van der Waals surface area contributed by atoms with E-state index in [0.717, 1.165) is 11.1 Å². The highest BCUT2D eigenvalue weighted by Gasteiger charge is 2.30. The Morgan fingerprint density at radius 1 is 1.40 bits per heavy atom. The van der Waals surface area contributed by atoms with Gasteiger partial charge in [0.25, 0.3) is 0 Å². The lowest BCUT2D eigenvalue weighted by atomic mass is 10.00. The molecular weight excluding hydrogens is 320 g/mol. The average molecular weight is 338 g/mol. The number of hydrogen-bond donors (Lipinski definition) is 0. The second kappa shape index (κ2) is 6.87. The summed E-state index contributed by atoms with van der Waals surface area (Å²) in [5, 5.41) is 20.6. The number of morpholine rings is 1. The topological polar surface area (TPSA) is 92.3 Å². The van der Waals surface area contributed by atoms with Gasteiger partial charge in [0, 0.05) is 12.7 Å². The molecular formula is C18H18N4O3. The summed E-state index contributed by atoms with van der Waals surface area (Å²) in [5.74, 6) is 0.224. The zero-order valence-corrected chi connectivity index (χ0v) is 14.1. The zero-order chi connectivity index (χ0) is 18.0. The van der Waals surface area contributed by atoms with E-state index in [2.05, 4.69) is 11.1 Å². The first-order valence-electron chi connectivity index (χ1n) is 7.98. The Bertz CT molecular complexity index is 860. The maximum absolute atomic E-state index is 11.4. The van der Waals surface area contributed by atoms with Gasteiger partial charge in [-0.15, -0.1) is 0 Å². The Balaban J connectivity index is 1.95. The summed E-state index contributed by atoms with van der Waals surface area (Å²) in [6, 6.07) is 9.40. The number of aryl methyl sites for hydroxylation is 2. The fourth-order valence-electron chi connectivity index (χ4n) is 3.16. The molecule has 0 spiro atoms. The summed E-state index contributed by atoms with van der Waals surface area (Å²) in [6.07, 6.45) is 1.24. The molecule has 0 radical (unpaired) electrons. The quantitative estimate of drug-likeness (QED) is 0.631. The minimum absolute atomic E-state index is 0.0181. The fourth-order valence-corrected chi connectivity index (χ4v) is 3.16. The number of rotatable bonds is 3. The van der Waals surface area contributed by atoms with Gasteiger partial charge in [-0.05, 0) is 31.0 Å². The summed E-state index contributed by atoms with van der Waals surface area (Å²) in [7, 11) is 0. The van der Waals surface area contributed by atoms with Gasteiger partial charge in [-0.3, -0.25) is 10.1 Å². The molecule has 1 aliphatic rings. The van der Waals surface area contributed by atoms with E-state index in [1.165, 1.54) is 17.8 Å². The van der Waals surface area contributed by atoms with Crippen LogP contribution in [0.4, 0.5) is 11.5 Å². The van der Waals surface area contributed by atoms with E-state index in [1.807, 2.05) is 36.9 Å². The van der Waals surface area contributed by atoms with Crippen LogP contribution in [0.15, 0.2) is 30.5 Å². The van der Waals surface area contributed by atoms with Crippen molar-refractivity contribution >= 4 is 11.5 Å². The van der Waals surface area contributed by atoms with Gasteiger partial charge < -0.3 is 9.64 Å². The maximum atomic E-state index is 11.4. The third kappa shape index (κ3) is 3.30. The summed E-state index contributed by atoms with van der Waals surface area (Å²) >= 11 is 0. The highest BCUT2D eigenvalue weighted by Crippen LogP contribution is 2.33. The van der Waals surface area contributed by atoms with Crippen molar-refractivity contribution in [2.45, 2.75) is 20.0 Å². The van der Waals surface area contributed by atoms with Crippen LogP contribution >= 0.6 is 0 Å². The Kier molecular flexibility index (Phi) is 4.63. The van der Waals surface area contributed by atoms with Crippen molar-refractivity contribution in [1.29, 1.82) is 5.26 Å². The van der Waals surface area contributed by atoms with Crippen LogP contribution in [0.1, 0.15) is 28.4 Å². The van der Waals surface area contributed by atoms with Crippen LogP contribution in [0.25, 0.3) is 0 Å². The van der Waals surface area contributed by atoms with Gasteiger partial charge in [0.1, 0.15) is 17.7 Å². The molecule has 1 fully saturated rings. The number of nitro groups is 1. The summed E-state index contributed by atoms with van der Waals surface area (Å²) < 4.78 is 5.89. The van der Waals surface area contributed by atoms with Crippen molar-refractivity contribution in [3.63, 3.8) is 0 Å². The zero-order valence-electron chi connectivity index (χ0n) is 14.1. The van der Waals surface area contributed by atoms with Crippen molar-refractivity contribution in [3.05, 3.63) is 62.8 Å². The summed E-state index contributed by atoms with van der Waals surface area (Å²) in [4.78, 5) is 16.9. The Morgan fingerprint density at radius 3 is 2.88 bits per heavy atom. The molecule has 1 saturated heterocycles. The molecule has 0 unspecified atom stereocenters. The van der Waals surface area contributed by atoms with E-state index in [4.69, 9.17) is 10.00 Å².